The van der Waals surface area contributed by atoms with Gasteiger partial charge < -0.3 is 14.8 Å². The van der Waals surface area contributed by atoms with Crippen LogP contribution in [0.2, 0.25) is 0 Å². The highest BCUT2D eigenvalue weighted by molar-refractivity contribution is 5.32. The first-order valence-corrected chi connectivity index (χ1v) is 8.20. The Balaban J connectivity index is 1.92. The zero-order valence-electron chi connectivity index (χ0n) is 13.7. The number of hydrogen-bond donors (Lipinski definition) is 1. The number of ether oxygens (including phenoxy) is 2. The summed E-state index contributed by atoms with van der Waals surface area (Å²) in [5.41, 5.74) is 4.00. The predicted octanol–water partition coefficient (Wildman–Crippen LogP) is 3.54. The number of benzene rings is 1. The van der Waals surface area contributed by atoms with E-state index in [1.54, 1.807) is 0 Å². The zero-order valence-corrected chi connectivity index (χ0v) is 13.7. The Morgan fingerprint density at radius 1 is 1.38 bits per heavy atom. The van der Waals surface area contributed by atoms with Gasteiger partial charge >= 0.3 is 0 Å². The lowest BCUT2D eigenvalue weighted by molar-refractivity contribution is 0.00993. The highest BCUT2D eigenvalue weighted by atomic mass is 16.5. The molecule has 1 fully saturated rings. The van der Waals surface area contributed by atoms with Gasteiger partial charge in [0.15, 0.2) is 0 Å². The Kier molecular flexibility index (Phi) is 6.68. The summed E-state index contributed by atoms with van der Waals surface area (Å²) in [6, 6.07) is 6.93. The first-order chi connectivity index (χ1) is 10.2. The van der Waals surface area contributed by atoms with Crippen molar-refractivity contribution in [2.24, 2.45) is 0 Å². The van der Waals surface area contributed by atoms with Gasteiger partial charge in [-0.1, -0.05) is 30.7 Å². The molecule has 0 amide bonds. The topological polar surface area (TPSA) is 30.5 Å². The maximum absolute atomic E-state index is 5.93. The van der Waals surface area contributed by atoms with Gasteiger partial charge in [0, 0.05) is 6.61 Å². The maximum atomic E-state index is 5.93. The van der Waals surface area contributed by atoms with Crippen LogP contribution in [0.5, 0.6) is 0 Å². The van der Waals surface area contributed by atoms with Crippen molar-refractivity contribution in [1.29, 1.82) is 0 Å². The molecule has 1 N–H and O–H groups in total. The van der Waals surface area contributed by atoms with Gasteiger partial charge in [0.05, 0.1) is 25.4 Å². The molecule has 0 spiro atoms. The first-order valence-electron chi connectivity index (χ1n) is 8.20. The van der Waals surface area contributed by atoms with E-state index in [1.165, 1.54) is 23.1 Å². The van der Waals surface area contributed by atoms with E-state index < -0.39 is 0 Å². The van der Waals surface area contributed by atoms with Crippen LogP contribution in [-0.4, -0.2) is 32.5 Å². The first kappa shape index (κ1) is 16.5. The second-order valence-electron chi connectivity index (χ2n) is 6.04. The third kappa shape index (κ3) is 5.10. The van der Waals surface area contributed by atoms with Crippen molar-refractivity contribution >= 4 is 0 Å². The lowest BCUT2D eigenvalue weighted by Gasteiger charge is -2.22. The molecule has 1 heterocycles. The Bertz CT molecular complexity index is 427. The third-order valence-corrected chi connectivity index (χ3v) is 4.05. The average Bonchev–Trinajstić information content (AvgIpc) is 2.96. The Labute approximate surface area is 129 Å². The second-order valence-corrected chi connectivity index (χ2v) is 6.04. The van der Waals surface area contributed by atoms with Crippen molar-refractivity contribution in [3.05, 3.63) is 34.9 Å². The smallest absolute Gasteiger partial charge is 0.0809 e. The number of hydrogen-bond acceptors (Lipinski definition) is 3. The average molecular weight is 291 g/mol. The van der Waals surface area contributed by atoms with Gasteiger partial charge in [-0.25, -0.2) is 0 Å². The minimum atomic E-state index is 0.270. The summed E-state index contributed by atoms with van der Waals surface area (Å²) in [7, 11) is 0. The minimum Gasteiger partial charge on any atom is -0.377 e. The molecule has 3 heteroatoms. The van der Waals surface area contributed by atoms with Crippen molar-refractivity contribution in [3.8, 4) is 0 Å². The Morgan fingerprint density at radius 3 is 2.90 bits per heavy atom. The lowest BCUT2D eigenvalue weighted by Crippen LogP contribution is -2.28. The van der Waals surface area contributed by atoms with E-state index in [0.29, 0.717) is 12.7 Å². The SMILES string of the molecule is CCCNC(COCC1CCCO1)c1ccc(C)cc1C. The summed E-state index contributed by atoms with van der Waals surface area (Å²) in [6.45, 7) is 9.85. The molecule has 2 rings (SSSR count). The maximum Gasteiger partial charge on any atom is 0.0809 e. The summed E-state index contributed by atoms with van der Waals surface area (Å²) < 4.78 is 11.5. The number of nitrogens with one attached hydrogen (secondary N) is 1. The fourth-order valence-electron chi connectivity index (χ4n) is 2.89. The van der Waals surface area contributed by atoms with E-state index in [4.69, 9.17) is 9.47 Å². The van der Waals surface area contributed by atoms with Crippen LogP contribution < -0.4 is 5.32 Å². The largest absolute Gasteiger partial charge is 0.377 e. The summed E-state index contributed by atoms with van der Waals surface area (Å²) >= 11 is 0. The Hall–Kier alpha value is -0.900. The molecule has 1 saturated heterocycles. The van der Waals surface area contributed by atoms with Gasteiger partial charge in [-0.3, -0.25) is 0 Å². The fourth-order valence-corrected chi connectivity index (χ4v) is 2.89. The highest BCUT2D eigenvalue weighted by Gasteiger charge is 2.18. The van der Waals surface area contributed by atoms with E-state index in [-0.39, 0.29) is 6.04 Å². The van der Waals surface area contributed by atoms with Crippen LogP contribution in [0.25, 0.3) is 0 Å². The van der Waals surface area contributed by atoms with Gasteiger partial charge in [-0.2, -0.15) is 0 Å². The summed E-state index contributed by atoms with van der Waals surface area (Å²) in [6.07, 6.45) is 3.74. The van der Waals surface area contributed by atoms with Crippen LogP contribution >= 0.6 is 0 Å². The summed E-state index contributed by atoms with van der Waals surface area (Å²) in [5, 5.41) is 3.61. The monoisotopic (exact) mass is 291 g/mol. The quantitative estimate of drug-likeness (QED) is 0.794. The van der Waals surface area contributed by atoms with Gasteiger partial charge in [-0.15, -0.1) is 0 Å². The van der Waals surface area contributed by atoms with Crippen molar-refractivity contribution in [2.75, 3.05) is 26.4 Å². The molecule has 1 aromatic carbocycles. The van der Waals surface area contributed by atoms with E-state index in [9.17, 15) is 0 Å². The van der Waals surface area contributed by atoms with Gasteiger partial charge in [0.25, 0.3) is 0 Å². The summed E-state index contributed by atoms with van der Waals surface area (Å²) in [4.78, 5) is 0. The van der Waals surface area contributed by atoms with E-state index >= 15 is 0 Å². The standard InChI is InChI=1S/C18H29NO2/c1-4-9-19-18(13-20-12-16-6-5-10-21-16)17-8-7-14(2)11-15(17)3/h7-8,11,16,18-19H,4-6,9-10,12-13H2,1-3H3. The third-order valence-electron chi connectivity index (χ3n) is 4.05. The van der Waals surface area contributed by atoms with Crippen LogP contribution in [0.3, 0.4) is 0 Å². The molecule has 1 aliphatic heterocycles. The van der Waals surface area contributed by atoms with E-state index in [1.807, 2.05) is 0 Å². The van der Waals surface area contributed by atoms with Crippen molar-refractivity contribution in [1.82, 2.24) is 5.32 Å². The molecule has 1 aromatic rings. The van der Waals surface area contributed by atoms with Crippen molar-refractivity contribution in [3.63, 3.8) is 0 Å². The zero-order chi connectivity index (χ0) is 15.1. The van der Waals surface area contributed by atoms with E-state index in [2.05, 4.69) is 44.3 Å². The molecular formula is C18H29NO2. The Morgan fingerprint density at radius 2 is 2.24 bits per heavy atom. The second kappa shape index (κ2) is 8.52. The predicted molar refractivity (Wildman–Crippen MR) is 86.7 cm³/mol. The molecule has 0 bridgehead atoms. The van der Waals surface area contributed by atoms with Gasteiger partial charge in [0.1, 0.15) is 0 Å². The number of rotatable bonds is 8. The molecule has 2 unspecified atom stereocenters. The molecule has 21 heavy (non-hydrogen) atoms. The van der Waals surface area contributed by atoms with Crippen molar-refractivity contribution < 1.29 is 9.47 Å². The summed E-state index contributed by atoms with van der Waals surface area (Å²) in [5.74, 6) is 0. The van der Waals surface area contributed by atoms with Crippen LogP contribution in [0.1, 0.15) is 48.9 Å². The molecule has 1 aliphatic rings. The molecule has 0 aliphatic carbocycles. The molecule has 2 atom stereocenters. The minimum absolute atomic E-state index is 0.270. The van der Waals surface area contributed by atoms with Crippen LogP contribution in [0, 0.1) is 13.8 Å². The van der Waals surface area contributed by atoms with Crippen LogP contribution in [-0.2, 0) is 9.47 Å². The highest BCUT2D eigenvalue weighted by Crippen LogP contribution is 2.20. The van der Waals surface area contributed by atoms with Crippen molar-refractivity contribution in [2.45, 2.75) is 52.2 Å². The molecule has 0 radical (unpaired) electrons. The molecule has 0 aromatic heterocycles. The van der Waals surface area contributed by atoms with Crippen LogP contribution in [0.4, 0.5) is 0 Å². The molecule has 0 saturated carbocycles. The molecular weight excluding hydrogens is 262 g/mol. The van der Waals surface area contributed by atoms with E-state index in [0.717, 1.165) is 32.6 Å². The number of aryl methyl sites for hydroxylation is 2. The normalized spacial score (nSPS) is 19.9. The molecule has 118 valence electrons. The fraction of sp³-hybridized carbons (Fsp3) is 0.667. The van der Waals surface area contributed by atoms with Gasteiger partial charge in [-0.05, 0) is 50.8 Å². The molecule has 3 nitrogen and oxygen atoms in total. The lowest BCUT2D eigenvalue weighted by atomic mass is 9.99. The van der Waals surface area contributed by atoms with Gasteiger partial charge in [0.2, 0.25) is 0 Å². The van der Waals surface area contributed by atoms with Crippen LogP contribution in [0.15, 0.2) is 18.2 Å².